The van der Waals surface area contributed by atoms with Gasteiger partial charge in [0.15, 0.2) is 4.90 Å². The lowest BCUT2D eigenvalue weighted by Crippen LogP contribution is -2.35. The summed E-state index contributed by atoms with van der Waals surface area (Å²) >= 11 is 0. The van der Waals surface area contributed by atoms with Crippen molar-refractivity contribution in [1.29, 1.82) is 0 Å². The van der Waals surface area contributed by atoms with Gasteiger partial charge < -0.3 is 9.84 Å². The van der Waals surface area contributed by atoms with Gasteiger partial charge in [-0.3, -0.25) is 9.36 Å². The molecule has 1 N–H and O–H groups in total. The zero-order chi connectivity index (χ0) is 28.2. The third-order valence-electron chi connectivity index (χ3n) is 6.50. The Kier molecular flexibility index (Phi) is 8.57. The molecule has 2 heterocycles. The molecule has 0 aliphatic carbocycles. The van der Waals surface area contributed by atoms with Gasteiger partial charge >= 0.3 is 0 Å². The number of ether oxygens (including phenoxy) is 1. The summed E-state index contributed by atoms with van der Waals surface area (Å²) in [4.78, 5) is 21.0. The molecule has 4 aromatic rings. The molecule has 1 unspecified atom stereocenters. The molecule has 1 atom stereocenters. The van der Waals surface area contributed by atoms with E-state index < -0.39 is 38.2 Å². The maximum absolute atomic E-state index is 13.9. The zero-order valence-electron chi connectivity index (χ0n) is 22.0. The minimum Gasteiger partial charge on any atom is -0.492 e. The molecule has 0 saturated heterocycles. The van der Waals surface area contributed by atoms with Crippen LogP contribution in [0.1, 0.15) is 42.9 Å². The average molecular weight is 552 g/mol. The van der Waals surface area contributed by atoms with Gasteiger partial charge in [0.1, 0.15) is 5.82 Å². The first-order valence-electron chi connectivity index (χ1n) is 12.6. The summed E-state index contributed by atoms with van der Waals surface area (Å²) in [6.45, 7) is 3.73. The molecule has 0 bridgehead atoms. The molecule has 2 aromatic carbocycles. The van der Waals surface area contributed by atoms with Crippen LogP contribution in [-0.2, 0) is 21.0 Å². The number of benzene rings is 2. The SMILES string of the molecule is CCCCc1nc(O)c(S(=O)(=O)c2ccc(-c3ccc(F)nc3C)cc2)c(=O)n1C(COC)c1ccccc1. The number of hydrogen-bond acceptors (Lipinski definition) is 7. The smallest absolute Gasteiger partial charge is 0.277 e. The summed E-state index contributed by atoms with van der Waals surface area (Å²) in [5.74, 6) is -1.17. The molecule has 2 aromatic heterocycles. The normalized spacial score (nSPS) is 12.4. The Balaban J connectivity index is 1.86. The van der Waals surface area contributed by atoms with Crippen LogP contribution in [0.15, 0.2) is 81.3 Å². The number of rotatable bonds is 10. The summed E-state index contributed by atoms with van der Waals surface area (Å²) in [5.41, 5.74) is 1.57. The van der Waals surface area contributed by atoms with Gasteiger partial charge in [-0.25, -0.2) is 13.4 Å². The number of aromatic hydroxyl groups is 1. The highest BCUT2D eigenvalue weighted by atomic mass is 32.2. The number of hydrogen-bond donors (Lipinski definition) is 1. The Labute approximate surface area is 226 Å². The second kappa shape index (κ2) is 11.9. The molecule has 0 saturated carbocycles. The van der Waals surface area contributed by atoms with Crippen LogP contribution in [-0.4, -0.2) is 41.8 Å². The first kappa shape index (κ1) is 28.1. The molecule has 4 rings (SSSR count). The quantitative estimate of drug-likeness (QED) is 0.280. The summed E-state index contributed by atoms with van der Waals surface area (Å²) in [5, 5.41) is 10.8. The lowest BCUT2D eigenvalue weighted by Gasteiger charge is -2.24. The maximum atomic E-state index is 13.9. The predicted octanol–water partition coefficient (Wildman–Crippen LogP) is 4.87. The summed E-state index contributed by atoms with van der Waals surface area (Å²) in [6.07, 6.45) is 1.87. The number of sulfone groups is 1. The summed E-state index contributed by atoms with van der Waals surface area (Å²) in [6, 6.07) is 17.0. The van der Waals surface area contributed by atoms with E-state index in [9.17, 15) is 22.7 Å². The molecule has 10 heteroatoms. The number of nitrogens with zero attached hydrogens (tertiary/aromatic N) is 3. The Morgan fingerprint density at radius 3 is 2.33 bits per heavy atom. The maximum Gasteiger partial charge on any atom is 0.277 e. The van der Waals surface area contributed by atoms with Crippen LogP contribution < -0.4 is 5.56 Å². The van der Waals surface area contributed by atoms with E-state index >= 15 is 0 Å². The molecule has 0 spiro atoms. The van der Waals surface area contributed by atoms with Crippen molar-refractivity contribution in [2.24, 2.45) is 0 Å². The van der Waals surface area contributed by atoms with E-state index in [0.29, 0.717) is 29.7 Å². The van der Waals surface area contributed by atoms with Crippen molar-refractivity contribution in [2.45, 2.75) is 48.9 Å². The predicted molar refractivity (Wildman–Crippen MR) is 145 cm³/mol. The molecule has 39 heavy (non-hydrogen) atoms. The number of pyridine rings is 1. The topological polar surface area (TPSA) is 111 Å². The van der Waals surface area contributed by atoms with Crippen LogP contribution >= 0.6 is 0 Å². The van der Waals surface area contributed by atoms with Crippen LogP contribution in [0, 0.1) is 12.9 Å². The van der Waals surface area contributed by atoms with E-state index in [-0.39, 0.29) is 17.3 Å². The first-order valence-corrected chi connectivity index (χ1v) is 14.0. The van der Waals surface area contributed by atoms with Crippen molar-refractivity contribution < 1.29 is 22.7 Å². The summed E-state index contributed by atoms with van der Waals surface area (Å²) < 4.78 is 47.6. The highest BCUT2D eigenvalue weighted by Crippen LogP contribution is 2.30. The van der Waals surface area contributed by atoms with Crippen LogP contribution in [0.25, 0.3) is 11.1 Å². The van der Waals surface area contributed by atoms with Gasteiger partial charge in [0.2, 0.25) is 21.7 Å². The van der Waals surface area contributed by atoms with Crippen molar-refractivity contribution in [2.75, 3.05) is 13.7 Å². The van der Waals surface area contributed by atoms with E-state index in [1.807, 2.05) is 37.3 Å². The molecular formula is C29H30FN3O5S. The van der Waals surface area contributed by atoms with Gasteiger partial charge in [-0.1, -0.05) is 55.8 Å². The van der Waals surface area contributed by atoms with E-state index in [1.165, 1.54) is 29.9 Å². The standard InChI is InChI=1S/C29H30FN3O5S/c1-4-5-11-26-32-28(34)27(29(35)33(26)24(18-38-3)21-9-7-6-8-10-21)39(36,37)22-14-12-20(13-15-22)23-16-17-25(30)31-19(23)2/h6-10,12-17,24,34H,4-5,11,18H2,1-3H3. The molecule has 0 aliphatic heterocycles. The van der Waals surface area contributed by atoms with Crippen LogP contribution in [0.2, 0.25) is 0 Å². The van der Waals surface area contributed by atoms with Gasteiger partial charge in [0, 0.05) is 24.8 Å². The highest BCUT2D eigenvalue weighted by molar-refractivity contribution is 7.91. The van der Waals surface area contributed by atoms with Crippen LogP contribution in [0.5, 0.6) is 5.88 Å². The Bertz CT molecular complexity index is 1620. The van der Waals surface area contributed by atoms with Gasteiger partial charge in [-0.05, 0) is 48.7 Å². The first-order chi connectivity index (χ1) is 18.7. The molecule has 0 fully saturated rings. The van der Waals surface area contributed by atoms with Crippen molar-refractivity contribution in [1.82, 2.24) is 14.5 Å². The third-order valence-corrected chi connectivity index (χ3v) is 8.29. The number of aromatic nitrogens is 3. The fraction of sp³-hybridized carbons (Fsp3) is 0.276. The number of methoxy groups -OCH3 is 1. The van der Waals surface area contributed by atoms with Gasteiger partial charge in [-0.2, -0.15) is 9.37 Å². The lowest BCUT2D eigenvalue weighted by molar-refractivity contribution is 0.165. The molecule has 8 nitrogen and oxygen atoms in total. The van der Waals surface area contributed by atoms with Crippen LogP contribution in [0.4, 0.5) is 4.39 Å². The molecule has 0 radical (unpaired) electrons. The van der Waals surface area contributed by atoms with Crippen molar-refractivity contribution in [3.05, 3.63) is 100 Å². The number of aryl methyl sites for hydroxylation is 2. The van der Waals surface area contributed by atoms with Crippen molar-refractivity contribution >= 4 is 9.84 Å². The largest absolute Gasteiger partial charge is 0.492 e. The monoisotopic (exact) mass is 551 g/mol. The average Bonchev–Trinajstić information content (AvgIpc) is 2.91. The minimum absolute atomic E-state index is 0.0920. The van der Waals surface area contributed by atoms with E-state index in [1.54, 1.807) is 25.1 Å². The number of unbranched alkanes of at least 4 members (excludes halogenated alkanes) is 1. The molecular weight excluding hydrogens is 521 g/mol. The van der Waals surface area contributed by atoms with Crippen molar-refractivity contribution in [3.8, 4) is 17.0 Å². The Morgan fingerprint density at radius 1 is 1.03 bits per heavy atom. The van der Waals surface area contributed by atoms with Crippen LogP contribution in [0.3, 0.4) is 0 Å². The molecule has 204 valence electrons. The Hall–Kier alpha value is -3.89. The third kappa shape index (κ3) is 5.76. The second-order valence-electron chi connectivity index (χ2n) is 9.14. The fourth-order valence-corrected chi connectivity index (χ4v) is 5.88. The van der Waals surface area contributed by atoms with E-state index in [2.05, 4.69) is 9.97 Å². The molecule has 0 aliphatic rings. The van der Waals surface area contributed by atoms with Gasteiger partial charge in [0.25, 0.3) is 5.56 Å². The minimum atomic E-state index is -4.47. The summed E-state index contributed by atoms with van der Waals surface area (Å²) in [7, 11) is -2.97. The number of halogens is 1. The van der Waals surface area contributed by atoms with Gasteiger partial charge in [0.05, 0.1) is 17.5 Å². The zero-order valence-corrected chi connectivity index (χ0v) is 22.8. The Morgan fingerprint density at radius 2 is 1.72 bits per heavy atom. The van der Waals surface area contributed by atoms with Crippen molar-refractivity contribution in [3.63, 3.8) is 0 Å². The van der Waals surface area contributed by atoms with E-state index in [4.69, 9.17) is 4.74 Å². The van der Waals surface area contributed by atoms with E-state index in [0.717, 1.165) is 12.0 Å². The highest BCUT2D eigenvalue weighted by Gasteiger charge is 2.32. The lowest BCUT2D eigenvalue weighted by atomic mass is 10.1. The fourth-order valence-electron chi connectivity index (χ4n) is 4.54. The second-order valence-corrected chi connectivity index (χ2v) is 11.0. The van der Waals surface area contributed by atoms with Gasteiger partial charge in [-0.15, -0.1) is 0 Å². The molecule has 0 amide bonds.